The van der Waals surface area contributed by atoms with Gasteiger partial charge in [-0.15, -0.1) is 10.2 Å². The number of tetrazole rings is 1. The molecule has 1 aromatic carbocycles. The zero-order chi connectivity index (χ0) is 15.2. The summed E-state index contributed by atoms with van der Waals surface area (Å²) in [7, 11) is 1.76. The van der Waals surface area contributed by atoms with E-state index in [1.54, 1.807) is 18.0 Å². The summed E-state index contributed by atoms with van der Waals surface area (Å²) < 4.78 is 0. The van der Waals surface area contributed by atoms with Crippen molar-refractivity contribution in [2.75, 3.05) is 13.6 Å². The van der Waals surface area contributed by atoms with Crippen molar-refractivity contribution in [1.82, 2.24) is 25.5 Å². The molecule has 0 radical (unpaired) electrons. The van der Waals surface area contributed by atoms with Gasteiger partial charge in [-0.05, 0) is 18.6 Å². The number of likely N-dealkylation sites (N-methyl/N-ethyl adjacent to an activating group) is 1. The average Bonchev–Trinajstić information content (AvgIpc) is 2.99. The van der Waals surface area contributed by atoms with E-state index in [1.807, 2.05) is 44.2 Å². The number of hydrogen-bond acceptors (Lipinski definition) is 4. The molecule has 2 rings (SSSR count). The number of nitrogens with one attached hydrogen (secondary N) is 1. The molecule has 1 amide bonds. The molecule has 0 aliphatic heterocycles. The first-order valence-corrected chi connectivity index (χ1v) is 6.79. The molecule has 0 spiro atoms. The SMILES string of the molecule is Cc1cccc(C=CC(=O)N(C)CC(C)c2nn[nH]n2)c1. The Morgan fingerprint density at radius 3 is 2.95 bits per heavy atom. The van der Waals surface area contributed by atoms with Crippen molar-refractivity contribution < 1.29 is 4.79 Å². The highest BCUT2D eigenvalue weighted by atomic mass is 16.2. The fourth-order valence-corrected chi connectivity index (χ4v) is 2.03. The number of aromatic nitrogens is 4. The molecule has 0 aliphatic rings. The number of H-pyrrole nitrogens is 1. The summed E-state index contributed by atoms with van der Waals surface area (Å²) in [6, 6.07) is 8.00. The second-order valence-corrected chi connectivity index (χ2v) is 5.14. The van der Waals surface area contributed by atoms with Crippen LogP contribution in [0.1, 0.15) is 29.8 Å². The van der Waals surface area contributed by atoms with Crippen molar-refractivity contribution >= 4 is 12.0 Å². The summed E-state index contributed by atoms with van der Waals surface area (Å²) in [5.41, 5.74) is 2.19. The normalized spacial score (nSPS) is 12.5. The first-order chi connectivity index (χ1) is 10.1. The number of hydrogen-bond donors (Lipinski definition) is 1. The van der Waals surface area contributed by atoms with Crippen molar-refractivity contribution in [1.29, 1.82) is 0 Å². The maximum Gasteiger partial charge on any atom is 0.246 e. The van der Waals surface area contributed by atoms with Crippen LogP contribution in [0, 0.1) is 6.92 Å². The molecule has 0 saturated heterocycles. The number of aryl methyl sites for hydroxylation is 1. The molecule has 110 valence electrons. The van der Waals surface area contributed by atoms with Gasteiger partial charge in [-0.3, -0.25) is 4.79 Å². The van der Waals surface area contributed by atoms with Crippen LogP contribution in [-0.2, 0) is 4.79 Å². The average molecular weight is 285 g/mol. The molecule has 6 heteroatoms. The van der Waals surface area contributed by atoms with Crippen LogP contribution in [-0.4, -0.2) is 45.0 Å². The van der Waals surface area contributed by atoms with Crippen molar-refractivity contribution in [2.45, 2.75) is 19.8 Å². The summed E-state index contributed by atoms with van der Waals surface area (Å²) in [5, 5.41) is 13.8. The third-order valence-corrected chi connectivity index (χ3v) is 3.19. The molecule has 1 heterocycles. The van der Waals surface area contributed by atoms with Crippen LogP contribution in [0.25, 0.3) is 6.08 Å². The van der Waals surface area contributed by atoms with E-state index in [0.717, 1.165) is 5.56 Å². The Labute approximate surface area is 123 Å². The smallest absolute Gasteiger partial charge is 0.246 e. The third kappa shape index (κ3) is 4.24. The number of benzene rings is 1. The lowest BCUT2D eigenvalue weighted by Crippen LogP contribution is -2.29. The molecule has 0 bridgehead atoms. The van der Waals surface area contributed by atoms with E-state index in [2.05, 4.69) is 20.6 Å². The highest BCUT2D eigenvalue weighted by Crippen LogP contribution is 2.10. The molecular weight excluding hydrogens is 266 g/mol. The number of carbonyl (C=O) groups excluding carboxylic acids is 1. The Morgan fingerprint density at radius 1 is 1.48 bits per heavy atom. The summed E-state index contributed by atoms with van der Waals surface area (Å²) in [5.74, 6) is 0.592. The molecule has 1 atom stereocenters. The maximum atomic E-state index is 12.1. The van der Waals surface area contributed by atoms with Crippen LogP contribution in [0.4, 0.5) is 0 Å². The van der Waals surface area contributed by atoms with E-state index in [1.165, 1.54) is 5.56 Å². The van der Waals surface area contributed by atoms with E-state index < -0.39 is 0 Å². The zero-order valence-electron chi connectivity index (χ0n) is 12.4. The Bertz CT molecular complexity index is 621. The minimum atomic E-state index is -0.0492. The Morgan fingerprint density at radius 2 is 2.29 bits per heavy atom. The van der Waals surface area contributed by atoms with Crippen LogP contribution >= 0.6 is 0 Å². The fraction of sp³-hybridized carbons (Fsp3) is 0.333. The molecule has 1 aromatic heterocycles. The molecule has 0 aliphatic carbocycles. The third-order valence-electron chi connectivity index (χ3n) is 3.19. The van der Waals surface area contributed by atoms with Gasteiger partial charge in [-0.25, -0.2) is 0 Å². The van der Waals surface area contributed by atoms with E-state index in [-0.39, 0.29) is 11.8 Å². The predicted octanol–water partition coefficient (Wildman–Crippen LogP) is 1.78. The number of rotatable bonds is 5. The largest absolute Gasteiger partial charge is 0.341 e. The van der Waals surface area contributed by atoms with Crippen LogP contribution in [0.15, 0.2) is 30.3 Å². The van der Waals surface area contributed by atoms with Gasteiger partial charge in [0.15, 0.2) is 5.82 Å². The van der Waals surface area contributed by atoms with Crippen molar-refractivity contribution in [2.24, 2.45) is 0 Å². The van der Waals surface area contributed by atoms with Gasteiger partial charge < -0.3 is 4.90 Å². The standard InChI is InChI=1S/C15H19N5O/c1-11-5-4-6-13(9-11)7-8-14(21)20(3)10-12(2)15-16-18-19-17-15/h4-9,12H,10H2,1-3H3,(H,16,17,18,19). The quantitative estimate of drug-likeness (QED) is 0.850. The lowest BCUT2D eigenvalue weighted by molar-refractivity contribution is -0.124. The molecule has 21 heavy (non-hydrogen) atoms. The fourth-order valence-electron chi connectivity index (χ4n) is 2.03. The second-order valence-electron chi connectivity index (χ2n) is 5.14. The lowest BCUT2D eigenvalue weighted by atomic mass is 10.1. The van der Waals surface area contributed by atoms with E-state index in [4.69, 9.17) is 0 Å². The van der Waals surface area contributed by atoms with Crippen LogP contribution < -0.4 is 0 Å². The van der Waals surface area contributed by atoms with Gasteiger partial charge >= 0.3 is 0 Å². The summed E-state index contributed by atoms with van der Waals surface area (Å²) in [6.07, 6.45) is 3.41. The number of carbonyl (C=O) groups is 1. The van der Waals surface area contributed by atoms with Crippen LogP contribution in [0.3, 0.4) is 0 Å². The molecule has 1 unspecified atom stereocenters. The second kappa shape index (κ2) is 6.78. The van der Waals surface area contributed by atoms with Crippen LogP contribution in [0.2, 0.25) is 0 Å². The predicted molar refractivity (Wildman–Crippen MR) is 80.4 cm³/mol. The minimum Gasteiger partial charge on any atom is -0.341 e. The summed E-state index contributed by atoms with van der Waals surface area (Å²) >= 11 is 0. The van der Waals surface area contributed by atoms with Crippen molar-refractivity contribution in [3.05, 3.63) is 47.3 Å². The summed E-state index contributed by atoms with van der Waals surface area (Å²) in [4.78, 5) is 13.7. The molecule has 6 nitrogen and oxygen atoms in total. The monoisotopic (exact) mass is 285 g/mol. The van der Waals surface area contributed by atoms with Gasteiger partial charge in [0.1, 0.15) is 0 Å². The Kier molecular flexibility index (Phi) is 4.81. The van der Waals surface area contributed by atoms with Gasteiger partial charge in [-0.1, -0.05) is 42.0 Å². The number of amides is 1. The highest BCUT2D eigenvalue weighted by molar-refractivity contribution is 5.91. The Hall–Kier alpha value is -2.50. The molecule has 2 aromatic rings. The van der Waals surface area contributed by atoms with E-state index in [0.29, 0.717) is 12.4 Å². The lowest BCUT2D eigenvalue weighted by Gasteiger charge is -2.18. The zero-order valence-corrected chi connectivity index (χ0v) is 12.4. The maximum absolute atomic E-state index is 12.1. The molecule has 0 saturated carbocycles. The number of aromatic amines is 1. The van der Waals surface area contributed by atoms with E-state index >= 15 is 0 Å². The molecular formula is C15H19N5O. The van der Waals surface area contributed by atoms with Crippen molar-refractivity contribution in [3.63, 3.8) is 0 Å². The topological polar surface area (TPSA) is 74.8 Å². The van der Waals surface area contributed by atoms with Gasteiger partial charge in [-0.2, -0.15) is 5.21 Å². The molecule has 0 fully saturated rings. The first kappa shape index (κ1) is 14.9. The minimum absolute atomic E-state index is 0.0325. The van der Waals surface area contributed by atoms with Crippen molar-refractivity contribution in [3.8, 4) is 0 Å². The summed E-state index contributed by atoms with van der Waals surface area (Å²) in [6.45, 7) is 4.52. The van der Waals surface area contributed by atoms with Gasteiger partial charge in [0.2, 0.25) is 5.91 Å². The van der Waals surface area contributed by atoms with E-state index in [9.17, 15) is 4.79 Å². The molecule has 1 N–H and O–H groups in total. The first-order valence-electron chi connectivity index (χ1n) is 6.79. The number of nitrogens with zero attached hydrogens (tertiary/aromatic N) is 4. The van der Waals surface area contributed by atoms with Gasteiger partial charge in [0.25, 0.3) is 0 Å². The van der Waals surface area contributed by atoms with Crippen LogP contribution in [0.5, 0.6) is 0 Å². The highest BCUT2D eigenvalue weighted by Gasteiger charge is 2.15. The van der Waals surface area contributed by atoms with Gasteiger partial charge in [0, 0.05) is 25.6 Å². The Balaban J connectivity index is 1.93. The van der Waals surface area contributed by atoms with Gasteiger partial charge in [0.05, 0.1) is 0 Å².